The molecule has 7 rings (SSSR count). The Labute approximate surface area is 203 Å². The van der Waals surface area contributed by atoms with Crippen LogP contribution in [-0.4, -0.2) is 38.0 Å². The Balaban J connectivity index is 1.14. The smallest absolute Gasteiger partial charge is 0.124 e. The van der Waals surface area contributed by atoms with Gasteiger partial charge in [0.05, 0.1) is 39.8 Å². The van der Waals surface area contributed by atoms with Crippen molar-refractivity contribution in [2.24, 2.45) is 0 Å². The Morgan fingerprint density at radius 1 is 0.629 bits per heavy atom. The van der Waals surface area contributed by atoms with Crippen LogP contribution in [0.1, 0.15) is 55.8 Å². The van der Waals surface area contributed by atoms with Gasteiger partial charge in [0.1, 0.15) is 11.6 Å². The lowest BCUT2D eigenvalue weighted by Gasteiger charge is -2.21. The summed E-state index contributed by atoms with van der Waals surface area (Å²) in [6.45, 7) is 2.13. The van der Waals surface area contributed by atoms with Crippen molar-refractivity contribution in [3.05, 3.63) is 66.4 Å². The van der Waals surface area contributed by atoms with E-state index in [-0.39, 0.29) is 0 Å². The van der Waals surface area contributed by atoms with Gasteiger partial charge in [0.25, 0.3) is 0 Å². The van der Waals surface area contributed by atoms with E-state index in [2.05, 4.69) is 69.1 Å². The number of aromatic amines is 2. The molecule has 7 heteroatoms. The molecule has 7 nitrogen and oxygen atoms in total. The Morgan fingerprint density at radius 2 is 1.26 bits per heavy atom. The molecule has 0 spiro atoms. The van der Waals surface area contributed by atoms with Crippen molar-refractivity contribution < 1.29 is 0 Å². The van der Waals surface area contributed by atoms with Crippen LogP contribution in [0.3, 0.4) is 0 Å². The standard InChI is InChI=1S/C28H29N7/c1-2-12-29-23(4-1)27-33-22-11-7-18(15-26(22)35-27)20-9-8-19(16-31-20)17-6-10-21-25(14-17)34-28(32-21)24-5-3-13-30-24/h6-11,14-16,23-24,29-30H,1-5,12-13H2,(H,32,34)(H,33,35). The van der Waals surface area contributed by atoms with Crippen molar-refractivity contribution >= 4 is 22.1 Å². The van der Waals surface area contributed by atoms with Gasteiger partial charge in [-0.15, -0.1) is 0 Å². The number of piperidine rings is 1. The maximum atomic E-state index is 4.83. The molecule has 2 atom stereocenters. The number of fused-ring (bicyclic) bond motifs is 2. The van der Waals surface area contributed by atoms with Crippen molar-refractivity contribution in [1.29, 1.82) is 0 Å². The molecule has 0 saturated carbocycles. The lowest BCUT2D eigenvalue weighted by atomic mass is 10.0. The third-order valence-electron chi connectivity index (χ3n) is 7.42. The van der Waals surface area contributed by atoms with Crippen LogP contribution < -0.4 is 10.6 Å². The molecule has 3 aromatic heterocycles. The molecule has 5 heterocycles. The molecule has 2 aromatic carbocycles. The monoisotopic (exact) mass is 463 g/mol. The first kappa shape index (κ1) is 20.8. The number of hydrogen-bond acceptors (Lipinski definition) is 5. The second-order valence-corrected chi connectivity index (χ2v) is 9.79. The van der Waals surface area contributed by atoms with Crippen molar-refractivity contribution in [2.75, 3.05) is 13.1 Å². The summed E-state index contributed by atoms with van der Waals surface area (Å²) >= 11 is 0. The van der Waals surface area contributed by atoms with E-state index in [9.17, 15) is 0 Å². The normalized spacial score (nSPS) is 20.7. The van der Waals surface area contributed by atoms with E-state index < -0.39 is 0 Å². The summed E-state index contributed by atoms with van der Waals surface area (Å²) in [6.07, 6.45) is 7.94. The fourth-order valence-electron chi connectivity index (χ4n) is 5.47. The first-order chi connectivity index (χ1) is 17.3. The van der Waals surface area contributed by atoms with Crippen LogP contribution in [-0.2, 0) is 0 Å². The maximum absolute atomic E-state index is 4.83. The van der Waals surface area contributed by atoms with Gasteiger partial charge >= 0.3 is 0 Å². The number of benzene rings is 2. The van der Waals surface area contributed by atoms with Gasteiger partial charge in [-0.25, -0.2) is 9.97 Å². The van der Waals surface area contributed by atoms with E-state index in [4.69, 9.17) is 15.0 Å². The molecule has 35 heavy (non-hydrogen) atoms. The highest BCUT2D eigenvalue weighted by Gasteiger charge is 2.20. The summed E-state index contributed by atoms with van der Waals surface area (Å²) in [5, 5.41) is 7.09. The lowest BCUT2D eigenvalue weighted by Crippen LogP contribution is -2.27. The number of aromatic nitrogens is 5. The minimum atomic E-state index is 0.328. The predicted molar refractivity (Wildman–Crippen MR) is 139 cm³/mol. The minimum absolute atomic E-state index is 0.328. The van der Waals surface area contributed by atoms with Gasteiger partial charge in [-0.2, -0.15) is 0 Å². The van der Waals surface area contributed by atoms with Crippen LogP contribution in [0.2, 0.25) is 0 Å². The topological polar surface area (TPSA) is 94.3 Å². The van der Waals surface area contributed by atoms with Crippen LogP contribution in [0.4, 0.5) is 0 Å². The van der Waals surface area contributed by atoms with E-state index in [1.807, 2.05) is 6.20 Å². The average molecular weight is 464 g/mol. The molecule has 5 aromatic rings. The molecule has 0 bridgehead atoms. The van der Waals surface area contributed by atoms with Crippen molar-refractivity contribution in [2.45, 2.75) is 44.2 Å². The quantitative estimate of drug-likeness (QED) is 0.286. The summed E-state index contributed by atoms with van der Waals surface area (Å²) in [6, 6.07) is 17.7. The SMILES string of the molecule is c1cc(-c2ccc3nc(C4CCCCN4)[nH]c3c2)ncc1-c1ccc2nc(C3CCCN3)[nH]c2c1. The van der Waals surface area contributed by atoms with Gasteiger partial charge < -0.3 is 20.6 Å². The highest BCUT2D eigenvalue weighted by Crippen LogP contribution is 2.29. The van der Waals surface area contributed by atoms with Gasteiger partial charge in [0.15, 0.2) is 0 Å². The van der Waals surface area contributed by atoms with Crippen LogP contribution >= 0.6 is 0 Å². The molecule has 2 aliphatic rings. The molecule has 0 aliphatic carbocycles. The Kier molecular flexibility index (Phi) is 5.10. The number of H-pyrrole nitrogens is 2. The highest BCUT2D eigenvalue weighted by molar-refractivity contribution is 5.83. The second kappa shape index (κ2) is 8.59. The highest BCUT2D eigenvalue weighted by atomic mass is 15.0. The van der Waals surface area contributed by atoms with Gasteiger partial charge in [-0.05, 0) is 74.7 Å². The zero-order valence-electron chi connectivity index (χ0n) is 19.6. The summed E-state index contributed by atoms with van der Waals surface area (Å²) in [5.74, 6) is 2.08. The lowest BCUT2D eigenvalue weighted by molar-refractivity contribution is 0.400. The maximum Gasteiger partial charge on any atom is 0.124 e. The minimum Gasteiger partial charge on any atom is -0.341 e. The molecule has 2 fully saturated rings. The Hall–Kier alpha value is -3.55. The van der Waals surface area contributed by atoms with Gasteiger partial charge in [0.2, 0.25) is 0 Å². The molecule has 2 saturated heterocycles. The molecule has 176 valence electrons. The zero-order chi connectivity index (χ0) is 23.2. The summed E-state index contributed by atoms with van der Waals surface area (Å²) < 4.78 is 0. The molecular formula is C28H29N7. The predicted octanol–water partition coefficient (Wildman–Crippen LogP) is 5.41. The molecule has 2 unspecified atom stereocenters. The van der Waals surface area contributed by atoms with Crippen LogP contribution in [0, 0.1) is 0 Å². The summed E-state index contributed by atoms with van der Waals surface area (Å²) in [4.78, 5) is 21.5. The van der Waals surface area contributed by atoms with E-state index in [0.29, 0.717) is 12.1 Å². The molecule has 0 amide bonds. The molecule has 0 radical (unpaired) electrons. The number of rotatable bonds is 4. The summed E-state index contributed by atoms with van der Waals surface area (Å²) in [5.41, 5.74) is 8.44. The number of pyridine rings is 1. The van der Waals surface area contributed by atoms with E-state index in [0.717, 1.165) is 82.0 Å². The summed E-state index contributed by atoms with van der Waals surface area (Å²) in [7, 11) is 0. The number of hydrogen-bond donors (Lipinski definition) is 4. The van der Waals surface area contributed by atoms with Gasteiger partial charge in [0, 0.05) is 17.3 Å². The number of nitrogens with one attached hydrogen (secondary N) is 4. The second-order valence-electron chi connectivity index (χ2n) is 9.79. The first-order valence-corrected chi connectivity index (χ1v) is 12.7. The largest absolute Gasteiger partial charge is 0.341 e. The average Bonchev–Trinajstić information content (AvgIpc) is 3.68. The van der Waals surface area contributed by atoms with E-state index in [1.54, 1.807) is 0 Å². The molecule has 4 N–H and O–H groups in total. The first-order valence-electron chi connectivity index (χ1n) is 12.7. The Morgan fingerprint density at radius 3 is 1.89 bits per heavy atom. The van der Waals surface area contributed by atoms with Crippen LogP contribution in [0.5, 0.6) is 0 Å². The molecule has 2 aliphatic heterocycles. The third kappa shape index (κ3) is 3.90. The van der Waals surface area contributed by atoms with Gasteiger partial charge in [-0.3, -0.25) is 4.98 Å². The van der Waals surface area contributed by atoms with E-state index >= 15 is 0 Å². The van der Waals surface area contributed by atoms with Crippen molar-refractivity contribution in [3.63, 3.8) is 0 Å². The molecular weight excluding hydrogens is 434 g/mol. The van der Waals surface area contributed by atoms with Gasteiger partial charge in [-0.1, -0.05) is 24.6 Å². The van der Waals surface area contributed by atoms with Crippen LogP contribution in [0.15, 0.2) is 54.7 Å². The van der Waals surface area contributed by atoms with Crippen LogP contribution in [0.25, 0.3) is 44.5 Å². The third-order valence-corrected chi connectivity index (χ3v) is 7.42. The number of nitrogens with zero attached hydrogens (tertiary/aromatic N) is 3. The Bertz CT molecular complexity index is 1490. The fourth-order valence-corrected chi connectivity index (χ4v) is 5.47. The zero-order valence-corrected chi connectivity index (χ0v) is 19.6. The van der Waals surface area contributed by atoms with Crippen molar-refractivity contribution in [3.8, 4) is 22.4 Å². The fraction of sp³-hybridized carbons (Fsp3) is 0.321. The van der Waals surface area contributed by atoms with E-state index in [1.165, 1.54) is 19.3 Å². The van der Waals surface area contributed by atoms with Crippen molar-refractivity contribution in [1.82, 2.24) is 35.6 Å². The number of imidazole rings is 2.